The summed E-state index contributed by atoms with van der Waals surface area (Å²) in [6, 6.07) is 13.6. The Balaban J connectivity index is 2.05. The molecule has 1 heterocycles. The van der Waals surface area contributed by atoms with Crippen molar-refractivity contribution in [2.75, 3.05) is 32.8 Å². The lowest BCUT2D eigenvalue weighted by atomic mass is 9.95. The number of likely N-dealkylation sites (tertiary alicyclic amines) is 1. The normalized spacial score (nSPS) is 17.6. The van der Waals surface area contributed by atoms with Gasteiger partial charge in [0.25, 0.3) is 11.7 Å². The van der Waals surface area contributed by atoms with Crippen molar-refractivity contribution >= 4 is 33.4 Å². The van der Waals surface area contributed by atoms with Crippen molar-refractivity contribution < 1.29 is 19.4 Å². The number of ether oxygens (including phenoxy) is 1. The van der Waals surface area contributed by atoms with E-state index in [1.807, 2.05) is 12.1 Å². The van der Waals surface area contributed by atoms with E-state index in [2.05, 4.69) is 41.3 Å². The maximum atomic E-state index is 13.1. The molecule has 2 aromatic carbocycles. The summed E-state index contributed by atoms with van der Waals surface area (Å²) >= 11 is 3.38. The van der Waals surface area contributed by atoms with Crippen molar-refractivity contribution in [3.8, 4) is 5.75 Å². The lowest BCUT2D eigenvalue weighted by Gasteiger charge is -2.28. The molecule has 7 heteroatoms. The summed E-state index contributed by atoms with van der Waals surface area (Å²) in [5.74, 6) is -0.792. The van der Waals surface area contributed by atoms with Crippen LogP contribution in [0.15, 0.2) is 71.2 Å². The van der Waals surface area contributed by atoms with Crippen LogP contribution in [0.2, 0.25) is 0 Å². The minimum Gasteiger partial charge on any atom is -0.507 e. The van der Waals surface area contributed by atoms with Crippen molar-refractivity contribution in [2.45, 2.75) is 19.9 Å². The van der Waals surface area contributed by atoms with E-state index in [1.165, 1.54) is 0 Å². The number of halogens is 1. The van der Waals surface area contributed by atoms with Crippen molar-refractivity contribution in [1.29, 1.82) is 0 Å². The predicted molar refractivity (Wildman–Crippen MR) is 133 cm³/mol. The van der Waals surface area contributed by atoms with Crippen LogP contribution >= 0.6 is 15.9 Å². The first-order valence-electron chi connectivity index (χ1n) is 11.0. The highest BCUT2D eigenvalue weighted by atomic mass is 79.9. The number of nitrogens with zero attached hydrogens (tertiary/aromatic N) is 2. The van der Waals surface area contributed by atoms with Gasteiger partial charge in [0.15, 0.2) is 0 Å². The number of aliphatic hydroxyl groups is 1. The van der Waals surface area contributed by atoms with E-state index in [4.69, 9.17) is 4.74 Å². The van der Waals surface area contributed by atoms with Crippen molar-refractivity contribution in [2.24, 2.45) is 0 Å². The summed E-state index contributed by atoms with van der Waals surface area (Å²) in [4.78, 5) is 29.9. The summed E-state index contributed by atoms with van der Waals surface area (Å²) in [7, 11) is 0. The highest BCUT2D eigenvalue weighted by molar-refractivity contribution is 9.10. The van der Waals surface area contributed by atoms with Gasteiger partial charge in [-0.2, -0.15) is 0 Å². The first-order chi connectivity index (χ1) is 15.9. The fourth-order valence-electron chi connectivity index (χ4n) is 3.91. The van der Waals surface area contributed by atoms with Crippen molar-refractivity contribution in [3.63, 3.8) is 0 Å². The van der Waals surface area contributed by atoms with Crippen LogP contribution in [0.25, 0.3) is 5.76 Å². The minimum absolute atomic E-state index is 0.0987. The Kier molecular flexibility index (Phi) is 8.47. The average Bonchev–Trinajstić information content (AvgIpc) is 3.08. The standard InChI is InChI=1S/C26H29BrN2O4/c1-4-17-33-21-13-9-18(10-14-21)23-22(24(30)19-7-11-20(27)12-8-19)25(31)26(32)29(23)16-15-28(5-2)6-3/h4,7-14,23,30H,1,5-6,15-17H2,2-3H3. The fraction of sp³-hybridized carbons (Fsp3) is 0.308. The van der Waals surface area contributed by atoms with Crippen molar-refractivity contribution in [3.05, 3.63) is 82.4 Å². The number of carbonyl (C=O) groups excluding carboxylic acids is 2. The van der Waals surface area contributed by atoms with E-state index in [1.54, 1.807) is 47.4 Å². The SMILES string of the molecule is C=CCOc1ccc(C2C(=C(O)c3ccc(Br)cc3)C(=O)C(=O)N2CCN(CC)CC)cc1. The third kappa shape index (κ3) is 5.54. The molecule has 33 heavy (non-hydrogen) atoms. The van der Waals surface area contributed by atoms with Gasteiger partial charge in [0.05, 0.1) is 11.6 Å². The summed E-state index contributed by atoms with van der Waals surface area (Å²) in [6.07, 6.45) is 1.66. The molecule has 1 amide bonds. The van der Waals surface area contributed by atoms with E-state index < -0.39 is 17.7 Å². The van der Waals surface area contributed by atoms with Crippen LogP contribution in [0.5, 0.6) is 5.75 Å². The maximum absolute atomic E-state index is 13.1. The zero-order valence-electron chi connectivity index (χ0n) is 19.0. The molecule has 2 aromatic rings. The molecule has 0 aliphatic carbocycles. The third-order valence-corrected chi connectivity index (χ3v) is 6.30. The molecule has 1 aliphatic heterocycles. The zero-order valence-corrected chi connectivity index (χ0v) is 20.5. The van der Waals surface area contributed by atoms with E-state index in [9.17, 15) is 14.7 Å². The molecule has 1 atom stereocenters. The second kappa shape index (κ2) is 11.3. The van der Waals surface area contributed by atoms with Crippen LogP contribution in [0.4, 0.5) is 0 Å². The molecule has 0 radical (unpaired) electrons. The Morgan fingerprint density at radius 1 is 1.12 bits per heavy atom. The number of carbonyl (C=O) groups is 2. The molecule has 1 saturated heterocycles. The van der Waals surface area contributed by atoms with Gasteiger partial charge in [-0.15, -0.1) is 0 Å². The van der Waals surface area contributed by atoms with Gasteiger partial charge >= 0.3 is 0 Å². The number of Topliss-reactive ketones (excluding diaryl/α,β-unsaturated/α-hetero) is 1. The van der Waals surface area contributed by atoms with E-state index in [-0.39, 0.29) is 11.3 Å². The molecule has 6 nitrogen and oxygen atoms in total. The molecule has 3 rings (SSSR count). The predicted octanol–water partition coefficient (Wildman–Crippen LogP) is 4.78. The quantitative estimate of drug-likeness (QED) is 0.214. The largest absolute Gasteiger partial charge is 0.507 e. The van der Waals surface area contributed by atoms with Crippen molar-refractivity contribution in [1.82, 2.24) is 9.80 Å². The van der Waals surface area contributed by atoms with Crippen LogP contribution in [-0.4, -0.2) is 59.4 Å². The summed E-state index contributed by atoms with van der Waals surface area (Å²) in [5.41, 5.74) is 1.32. The van der Waals surface area contributed by atoms with Crippen LogP contribution in [0, 0.1) is 0 Å². The molecule has 174 valence electrons. The summed E-state index contributed by atoms with van der Waals surface area (Å²) < 4.78 is 6.42. The second-order valence-corrected chi connectivity index (χ2v) is 8.61. The summed E-state index contributed by atoms with van der Waals surface area (Å²) in [6.45, 7) is 10.9. The smallest absolute Gasteiger partial charge is 0.295 e. The molecule has 1 unspecified atom stereocenters. The molecular weight excluding hydrogens is 484 g/mol. The Morgan fingerprint density at radius 3 is 2.33 bits per heavy atom. The average molecular weight is 513 g/mol. The van der Waals surface area contributed by atoms with Gasteiger partial charge in [-0.3, -0.25) is 9.59 Å². The number of hydrogen-bond donors (Lipinski definition) is 1. The maximum Gasteiger partial charge on any atom is 0.295 e. The van der Waals surface area contributed by atoms with Gasteiger partial charge < -0.3 is 19.6 Å². The number of likely N-dealkylation sites (N-methyl/N-ethyl adjacent to an activating group) is 1. The first kappa shape index (κ1) is 24.7. The number of hydrogen-bond acceptors (Lipinski definition) is 5. The minimum atomic E-state index is -0.683. The van der Waals surface area contributed by atoms with Crippen LogP contribution in [-0.2, 0) is 9.59 Å². The van der Waals surface area contributed by atoms with Gasteiger partial charge in [-0.1, -0.05) is 66.7 Å². The molecule has 1 fully saturated rings. The van der Waals surface area contributed by atoms with Crippen LogP contribution < -0.4 is 4.74 Å². The molecule has 0 spiro atoms. The summed E-state index contributed by atoms with van der Waals surface area (Å²) in [5, 5.41) is 11.1. The molecule has 0 bridgehead atoms. The highest BCUT2D eigenvalue weighted by Crippen LogP contribution is 2.39. The van der Waals surface area contributed by atoms with Gasteiger partial charge in [0.1, 0.15) is 18.1 Å². The number of amides is 1. The topological polar surface area (TPSA) is 70.1 Å². The van der Waals surface area contributed by atoms with Gasteiger partial charge in [0.2, 0.25) is 0 Å². The monoisotopic (exact) mass is 512 g/mol. The van der Waals surface area contributed by atoms with Crippen LogP contribution in [0.1, 0.15) is 31.0 Å². The Hall–Kier alpha value is -2.90. The fourth-order valence-corrected chi connectivity index (χ4v) is 4.18. The first-order valence-corrected chi connectivity index (χ1v) is 11.8. The highest BCUT2D eigenvalue weighted by Gasteiger charge is 2.45. The van der Waals surface area contributed by atoms with Gasteiger partial charge in [-0.25, -0.2) is 0 Å². The van der Waals surface area contributed by atoms with Crippen LogP contribution in [0.3, 0.4) is 0 Å². The Labute approximate surface area is 203 Å². The molecule has 1 aliphatic rings. The lowest BCUT2D eigenvalue weighted by molar-refractivity contribution is -0.140. The number of ketones is 1. The molecular formula is C26H29BrN2O4. The zero-order chi connectivity index (χ0) is 24.0. The Morgan fingerprint density at radius 2 is 1.76 bits per heavy atom. The Bertz CT molecular complexity index is 1030. The van der Waals surface area contributed by atoms with E-state index >= 15 is 0 Å². The second-order valence-electron chi connectivity index (χ2n) is 7.69. The van der Waals surface area contributed by atoms with E-state index in [0.29, 0.717) is 31.0 Å². The van der Waals surface area contributed by atoms with E-state index in [0.717, 1.165) is 23.1 Å². The lowest BCUT2D eigenvalue weighted by Crippen LogP contribution is -2.38. The third-order valence-electron chi connectivity index (χ3n) is 5.77. The van der Waals surface area contributed by atoms with Gasteiger partial charge in [0, 0.05) is 23.1 Å². The number of aliphatic hydroxyl groups excluding tert-OH is 1. The molecule has 0 saturated carbocycles. The molecule has 1 N–H and O–H groups in total. The molecule has 0 aromatic heterocycles. The number of rotatable bonds is 10. The number of benzene rings is 2. The van der Waals surface area contributed by atoms with Gasteiger partial charge in [-0.05, 0) is 42.9 Å².